The van der Waals surface area contributed by atoms with E-state index in [1.54, 1.807) is 0 Å². The molecule has 21 heavy (non-hydrogen) atoms. The lowest BCUT2D eigenvalue weighted by Gasteiger charge is -2.15. The molecule has 4 heteroatoms. The van der Waals surface area contributed by atoms with Crippen LogP contribution in [0.15, 0.2) is 24.3 Å². The van der Waals surface area contributed by atoms with E-state index in [-0.39, 0.29) is 12.0 Å². The molecule has 1 heterocycles. The van der Waals surface area contributed by atoms with Crippen molar-refractivity contribution in [1.29, 1.82) is 0 Å². The van der Waals surface area contributed by atoms with E-state index < -0.39 is 0 Å². The summed E-state index contributed by atoms with van der Waals surface area (Å²) in [7, 11) is 0. The van der Waals surface area contributed by atoms with Crippen molar-refractivity contribution in [3.05, 3.63) is 24.3 Å². The Hall–Kier alpha value is -1.55. The van der Waals surface area contributed by atoms with Crippen LogP contribution in [0, 0.1) is 0 Å². The molecular formula is C17H24N2O2. The molecule has 114 valence electrons. The Balaban J connectivity index is 1.53. The fraction of sp³-hybridized carbons (Fsp3) is 0.588. The lowest BCUT2D eigenvalue weighted by molar-refractivity contribution is -0.118. The second kappa shape index (κ2) is 6.94. The average Bonchev–Trinajstić information content (AvgIpc) is 3.12. The summed E-state index contributed by atoms with van der Waals surface area (Å²) in [6, 6.07) is 8.59. The predicted molar refractivity (Wildman–Crippen MR) is 84.5 cm³/mol. The van der Waals surface area contributed by atoms with E-state index in [0.29, 0.717) is 12.5 Å². The number of nitrogens with one attached hydrogen (secondary N) is 2. The molecule has 1 atom stereocenters. The summed E-state index contributed by atoms with van der Waals surface area (Å²) in [6.45, 7) is 0.790. The van der Waals surface area contributed by atoms with Crippen molar-refractivity contribution in [3.63, 3.8) is 0 Å². The summed E-state index contributed by atoms with van der Waals surface area (Å²) in [5.41, 5.74) is 1.96. The molecule has 3 rings (SSSR count). The zero-order valence-corrected chi connectivity index (χ0v) is 12.4. The Labute approximate surface area is 126 Å². The van der Waals surface area contributed by atoms with E-state index in [1.165, 1.54) is 25.7 Å². The number of hydrogen-bond acceptors (Lipinski definition) is 3. The summed E-state index contributed by atoms with van der Waals surface area (Å²) < 4.78 is 5.50. The largest absolute Gasteiger partial charge is 0.382 e. The van der Waals surface area contributed by atoms with Crippen LogP contribution in [-0.4, -0.2) is 24.7 Å². The molecule has 1 aliphatic heterocycles. The number of carbonyl (C=O) groups is 1. The van der Waals surface area contributed by atoms with Gasteiger partial charge in [0.25, 0.3) is 0 Å². The first kappa shape index (κ1) is 14.4. The van der Waals surface area contributed by atoms with Crippen molar-refractivity contribution in [2.75, 3.05) is 17.2 Å². The van der Waals surface area contributed by atoms with Gasteiger partial charge >= 0.3 is 0 Å². The number of benzene rings is 1. The minimum absolute atomic E-state index is 0.0416. The molecule has 0 radical (unpaired) electrons. The fourth-order valence-corrected chi connectivity index (χ4v) is 3.22. The number of rotatable bonds is 5. The summed E-state index contributed by atoms with van der Waals surface area (Å²) in [5, 5.41) is 6.53. The molecule has 1 aliphatic carbocycles. The molecule has 0 aromatic heterocycles. The molecule has 4 nitrogen and oxygen atoms in total. The Bertz CT molecular complexity index is 477. The number of carbonyl (C=O) groups excluding carboxylic acids is 1. The number of amides is 1. The molecule has 1 aromatic carbocycles. The fourth-order valence-electron chi connectivity index (χ4n) is 3.22. The first-order valence-electron chi connectivity index (χ1n) is 8.08. The highest BCUT2D eigenvalue weighted by molar-refractivity contribution is 5.91. The molecule has 1 saturated carbocycles. The molecule has 0 bridgehead atoms. The quantitative estimate of drug-likeness (QED) is 0.871. The topological polar surface area (TPSA) is 50.4 Å². The lowest BCUT2D eigenvalue weighted by Crippen LogP contribution is -2.19. The highest BCUT2D eigenvalue weighted by Gasteiger charge is 2.19. The first-order valence-corrected chi connectivity index (χ1v) is 8.08. The van der Waals surface area contributed by atoms with E-state index in [4.69, 9.17) is 4.74 Å². The van der Waals surface area contributed by atoms with Crippen LogP contribution in [-0.2, 0) is 9.53 Å². The maximum absolute atomic E-state index is 12.0. The maximum Gasteiger partial charge on any atom is 0.226 e. The Morgan fingerprint density at radius 1 is 1.14 bits per heavy atom. The molecule has 2 aliphatic rings. The van der Waals surface area contributed by atoms with Gasteiger partial charge in [-0.15, -0.1) is 0 Å². The number of anilines is 2. The predicted octanol–water partition coefficient (Wildman–Crippen LogP) is 3.55. The van der Waals surface area contributed by atoms with Crippen LogP contribution < -0.4 is 10.6 Å². The van der Waals surface area contributed by atoms with Gasteiger partial charge in [-0.2, -0.15) is 0 Å². The summed E-state index contributed by atoms with van der Waals surface area (Å²) in [6.07, 6.45) is 7.75. The van der Waals surface area contributed by atoms with Crippen molar-refractivity contribution in [3.8, 4) is 0 Å². The zero-order valence-electron chi connectivity index (χ0n) is 12.4. The van der Waals surface area contributed by atoms with Gasteiger partial charge in [-0.3, -0.25) is 4.79 Å². The summed E-state index contributed by atoms with van der Waals surface area (Å²) in [5.74, 6) is 0.0416. The second-order valence-corrected chi connectivity index (χ2v) is 6.09. The van der Waals surface area contributed by atoms with Gasteiger partial charge in [-0.1, -0.05) is 18.9 Å². The van der Waals surface area contributed by atoms with Gasteiger partial charge in [-0.05, 0) is 43.9 Å². The van der Waals surface area contributed by atoms with E-state index in [2.05, 4.69) is 16.7 Å². The van der Waals surface area contributed by atoms with Crippen LogP contribution in [0.3, 0.4) is 0 Å². The third kappa shape index (κ3) is 4.21. The molecule has 1 amide bonds. The van der Waals surface area contributed by atoms with Gasteiger partial charge in [0.05, 0.1) is 12.5 Å². The zero-order chi connectivity index (χ0) is 14.5. The van der Waals surface area contributed by atoms with Crippen LogP contribution in [0.5, 0.6) is 0 Å². The van der Waals surface area contributed by atoms with Crippen molar-refractivity contribution < 1.29 is 9.53 Å². The summed E-state index contributed by atoms with van der Waals surface area (Å²) in [4.78, 5) is 12.0. The SMILES string of the molecule is O=C(C[C@H]1CCCO1)Nc1cccc(NC2CCCC2)c1. The third-order valence-corrected chi connectivity index (χ3v) is 4.31. The Kier molecular flexibility index (Phi) is 4.76. The molecule has 2 fully saturated rings. The van der Waals surface area contributed by atoms with Crippen LogP contribution in [0.4, 0.5) is 11.4 Å². The normalized spacial score (nSPS) is 22.4. The molecule has 2 N–H and O–H groups in total. The maximum atomic E-state index is 12.0. The first-order chi connectivity index (χ1) is 10.3. The van der Waals surface area contributed by atoms with Crippen molar-refractivity contribution >= 4 is 17.3 Å². The molecule has 0 unspecified atom stereocenters. The van der Waals surface area contributed by atoms with Gasteiger partial charge in [0.15, 0.2) is 0 Å². The molecule has 1 saturated heterocycles. The van der Waals surface area contributed by atoms with Gasteiger partial charge in [-0.25, -0.2) is 0 Å². The second-order valence-electron chi connectivity index (χ2n) is 6.09. The Morgan fingerprint density at radius 2 is 1.95 bits per heavy atom. The van der Waals surface area contributed by atoms with Crippen molar-refractivity contribution in [2.45, 2.75) is 57.1 Å². The average molecular weight is 288 g/mol. The summed E-state index contributed by atoms with van der Waals surface area (Å²) >= 11 is 0. The Morgan fingerprint density at radius 3 is 2.71 bits per heavy atom. The van der Waals surface area contributed by atoms with E-state index >= 15 is 0 Å². The molecule has 1 aromatic rings. The molecule has 0 spiro atoms. The van der Waals surface area contributed by atoms with E-state index in [0.717, 1.165) is 30.8 Å². The van der Waals surface area contributed by atoms with Gasteiger partial charge in [0.2, 0.25) is 5.91 Å². The van der Waals surface area contributed by atoms with Gasteiger partial charge in [0.1, 0.15) is 0 Å². The standard InChI is InChI=1S/C17H24N2O2/c20-17(12-16-9-4-10-21-16)19-15-8-3-7-14(11-15)18-13-5-1-2-6-13/h3,7-8,11,13,16,18H,1-2,4-6,9-10,12H2,(H,19,20)/t16-/m1/s1. The highest BCUT2D eigenvalue weighted by atomic mass is 16.5. The van der Waals surface area contributed by atoms with Crippen LogP contribution in [0.1, 0.15) is 44.9 Å². The van der Waals surface area contributed by atoms with Crippen molar-refractivity contribution in [1.82, 2.24) is 0 Å². The monoisotopic (exact) mass is 288 g/mol. The number of ether oxygens (including phenoxy) is 1. The minimum atomic E-state index is 0.0416. The number of hydrogen-bond donors (Lipinski definition) is 2. The third-order valence-electron chi connectivity index (χ3n) is 4.31. The van der Waals surface area contributed by atoms with Crippen LogP contribution in [0.2, 0.25) is 0 Å². The van der Waals surface area contributed by atoms with E-state index in [9.17, 15) is 4.79 Å². The van der Waals surface area contributed by atoms with Crippen molar-refractivity contribution in [2.24, 2.45) is 0 Å². The minimum Gasteiger partial charge on any atom is -0.382 e. The van der Waals surface area contributed by atoms with Crippen LogP contribution in [0.25, 0.3) is 0 Å². The smallest absolute Gasteiger partial charge is 0.226 e. The van der Waals surface area contributed by atoms with Gasteiger partial charge in [0, 0.05) is 24.0 Å². The van der Waals surface area contributed by atoms with Crippen LogP contribution >= 0.6 is 0 Å². The van der Waals surface area contributed by atoms with Gasteiger partial charge < -0.3 is 15.4 Å². The lowest BCUT2D eigenvalue weighted by atomic mass is 10.1. The highest BCUT2D eigenvalue weighted by Crippen LogP contribution is 2.24. The molecular weight excluding hydrogens is 264 g/mol. The van der Waals surface area contributed by atoms with E-state index in [1.807, 2.05) is 18.2 Å².